The molecule has 120 valence electrons. The Hall–Kier alpha value is -1.10. The van der Waals surface area contributed by atoms with E-state index in [1.54, 1.807) is 0 Å². The maximum atomic E-state index is 12.9. The van der Waals surface area contributed by atoms with Crippen molar-refractivity contribution in [2.45, 2.75) is 70.3 Å². The van der Waals surface area contributed by atoms with Crippen molar-refractivity contribution >= 4 is 11.9 Å². The van der Waals surface area contributed by atoms with Crippen molar-refractivity contribution in [3.05, 3.63) is 0 Å². The van der Waals surface area contributed by atoms with Gasteiger partial charge in [0.1, 0.15) is 0 Å². The van der Waals surface area contributed by atoms with Gasteiger partial charge in [0.05, 0.1) is 17.4 Å². The van der Waals surface area contributed by atoms with Gasteiger partial charge in [0, 0.05) is 6.54 Å². The number of hydrogen-bond acceptors (Lipinski definition) is 3. The number of piperidine rings is 1. The lowest BCUT2D eigenvalue weighted by Crippen LogP contribution is -2.58. The van der Waals surface area contributed by atoms with Gasteiger partial charge in [-0.1, -0.05) is 26.2 Å². The molecular weight excluding hydrogens is 268 g/mol. The summed E-state index contributed by atoms with van der Waals surface area (Å²) in [5.74, 6) is -0.759. The molecule has 0 aromatic carbocycles. The summed E-state index contributed by atoms with van der Waals surface area (Å²) in [6, 6.07) is 0. The fourth-order valence-corrected chi connectivity index (χ4v) is 3.86. The highest BCUT2D eigenvalue weighted by molar-refractivity contribution is 5.84. The van der Waals surface area contributed by atoms with E-state index in [4.69, 9.17) is 0 Å². The molecule has 0 radical (unpaired) electrons. The Morgan fingerprint density at radius 3 is 2.38 bits per heavy atom. The SMILES string of the molecule is CCC1(C(=O)NC2(CC(=O)O)CCCCC2)CCCNC1. The van der Waals surface area contributed by atoms with Gasteiger partial charge in [-0.05, 0) is 38.6 Å². The molecule has 2 rings (SSSR count). The van der Waals surface area contributed by atoms with E-state index in [1.807, 2.05) is 0 Å². The summed E-state index contributed by atoms with van der Waals surface area (Å²) in [5.41, 5.74) is -0.887. The largest absolute Gasteiger partial charge is 0.481 e. The van der Waals surface area contributed by atoms with Crippen LogP contribution in [0.5, 0.6) is 0 Å². The average Bonchev–Trinajstić information content (AvgIpc) is 2.47. The van der Waals surface area contributed by atoms with Gasteiger partial charge in [0.15, 0.2) is 0 Å². The second-order valence-corrected chi connectivity index (χ2v) is 6.78. The lowest BCUT2D eigenvalue weighted by molar-refractivity contribution is -0.141. The van der Waals surface area contributed by atoms with Gasteiger partial charge in [-0.15, -0.1) is 0 Å². The third-order valence-corrected chi connectivity index (χ3v) is 5.31. The number of carboxylic acid groups (broad SMARTS) is 1. The van der Waals surface area contributed by atoms with E-state index in [9.17, 15) is 14.7 Å². The molecule has 3 N–H and O–H groups in total. The molecule has 1 atom stereocenters. The van der Waals surface area contributed by atoms with Gasteiger partial charge >= 0.3 is 5.97 Å². The Morgan fingerprint density at radius 1 is 1.14 bits per heavy atom. The highest BCUT2D eigenvalue weighted by atomic mass is 16.4. The number of hydrogen-bond donors (Lipinski definition) is 3. The maximum absolute atomic E-state index is 12.9. The van der Waals surface area contributed by atoms with Crippen molar-refractivity contribution < 1.29 is 14.7 Å². The van der Waals surface area contributed by atoms with E-state index >= 15 is 0 Å². The zero-order chi connectivity index (χ0) is 15.3. The molecule has 0 aromatic rings. The standard InChI is InChI=1S/C16H28N2O3/c1-2-15(7-6-10-17-12-15)14(21)18-16(11-13(19)20)8-4-3-5-9-16/h17H,2-12H2,1H3,(H,18,21)(H,19,20). The van der Waals surface area contributed by atoms with Crippen molar-refractivity contribution in [3.63, 3.8) is 0 Å². The lowest BCUT2D eigenvalue weighted by atomic mass is 9.74. The topological polar surface area (TPSA) is 78.4 Å². The van der Waals surface area contributed by atoms with E-state index in [0.717, 1.165) is 57.9 Å². The van der Waals surface area contributed by atoms with Crippen molar-refractivity contribution in [2.24, 2.45) is 5.41 Å². The van der Waals surface area contributed by atoms with Crippen LogP contribution >= 0.6 is 0 Å². The monoisotopic (exact) mass is 296 g/mol. The molecule has 1 aliphatic heterocycles. The van der Waals surface area contributed by atoms with Crippen LogP contribution in [0.1, 0.15) is 64.7 Å². The van der Waals surface area contributed by atoms with E-state index in [2.05, 4.69) is 17.6 Å². The average molecular weight is 296 g/mol. The number of nitrogens with one attached hydrogen (secondary N) is 2. The molecule has 1 saturated carbocycles. The minimum Gasteiger partial charge on any atom is -0.481 e. The summed E-state index contributed by atoms with van der Waals surface area (Å²) in [7, 11) is 0. The third kappa shape index (κ3) is 3.76. The molecule has 0 aromatic heterocycles. The zero-order valence-electron chi connectivity index (χ0n) is 13.0. The molecule has 5 nitrogen and oxygen atoms in total. The summed E-state index contributed by atoms with van der Waals surface area (Å²) >= 11 is 0. The first-order valence-electron chi connectivity index (χ1n) is 8.27. The second kappa shape index (κ2) is 6.77. The first-order chi connectivity index (χ1) is 10.0. The predicted octanol–water partition coefficient (Wildman–Crippen LogP) is 2.06. The molecule has 0 bridgehead atoms. The summed E-state index contributed by atoms with van der Waals surface area (Å²) in [6.45, 7) is 3.73. The second-order valence-electron chi connectivity index (χ2n) is 6.78. The minimum atomic E-state index is -0.815. The van der Waals surface area contributed by atoms with Crippen LogP contribution in [-0.2, 0) is 9.59 Å². The van der Waals surface area contributed by atoms with Gasteiger partial charge in [0.25, 0.3) is 0 Å². The number of aliphatic carboxylic acids is 1. The molecular formula is C16H28N2O3. The fourth-order valence-electron chi connectivity index (χ4n) is 3.86. The minimum absolute atomic E-state index is 0.0476. The van der Waals surface area contributed by atoms with Gasteiger partial charge < -0.3 is 15.7 Å². The first-order valence-corrected chi connectivity index (χ1v) is 8.27. The van der Waals surface area contributed by atoms with Crippen LogP contribution in [-0.4, -0.2) is 35.6 Å². The molecule has 0 spiro atoms. The quantitative estimate of drug-likeness (QED) is 0.725. The van der Waals surface area contributed by atoms with Crippen molar-refractivity contribution in [1.82, 2.24) is 10.6 Å². The van der Waals surface area contributed by atoms with E-state index < -0.39 is 11.5 Å². The molecule has 1 amide bonds. The van der Waals surface area contributed by atoms with Crippen molar-refractivity contribution in [1.29, 1.82) is 0 Å². The van der Waals surface area contributed by atoms with Crippen molar-refractivity contribution in [3.8, 4) is 0 Å². The number of carbonyl (C=O) groups excluding carboxylic acids is 1. The Bertz CT molecular complexity index is 383. The number of amides is 1. The maximum Gasteiger partial charge on any atom is 0.305 e. The molecule has 21 heavy (non-hydrogen) atoms. The van der Waals surface area contributed by atoms with Crippen LogP contribution in [0, 0.1) is 5.41 Å². The van der Waals surface area contributed by atoms with Gasteiger partial charge in [-0.3, -0.25) is 9.59 Å². The number of carboxylic acids is 1. The molecule has 1 unspecified atom stereocenters. The van der Waals surface area contributed by atoms with Gasteiger partial charge in [-0.25, -0.2) is 0 Å². The Morgan fingerprint density at radius 2 is 1.86 bits per heavy atom. The molecule has 2 aliphatic rings. The van der Waals surface area contributed by atoms with E-state index in [-0.39, 0.29) is 17.7 Å². The smallest absolute Gasteiger partial charge is 0.305 e. The normalized spacial score (nSPS) is 28.8. The Labute approximate surface area is 126 Å². The fraction of sp³-hybridized carbons (Fsp3) is 0.875. The summed E-state index contributed by atoms with van der Waals surface area (Å²) in [6.07, 6.45) is 7.48. The van der Waals surface area contributed by atoms with Gasteiger partial charge in [0.2, 0.25) is 5.91 Å². The third-order valence-electron chi connectivity index (χ3n) is 5.31. The van der Waals surface area contributed by atoms with E-state index in [0.29, 0.717) is 6.54 Å². The molecule has 1 heterocycles. The zero-order valence-corrected chi connectivity index (χ0v) is 13.0. The summed E-state index contributed by atoms with van der Waals surface area (Å²) in [5, 5.41) is 15.7. The van der Waals surface area contributed by atoms with E-state index in [1.165, 1.54) is 0 Å². The summed E-state index contributed by atoms with van der Waals surface area (Å²) < 4.78 is 0. The van der Waals surface area contributed by atoms with Crippen LogP contribution < -0.4 is 10.6 Å². The lowest BCUT2D eigenvalue weighted by Gasteiger charge is -2.42. The molecule has 1 aliphatic carbocycles. The molecule has 5 heteroatoms. The van der Waals surface area contributed by atoms with Crippen LogP contribution in [0.15, 0.2) is 0 Å². The van der Waals surface area contributed by atoms with Crippen LogP contribution in [0.25, 0.3) is 0 Å². The van der Waals surface area contributed by atoms with Crippen LogP contribution in [0.3, 0.4) is 0 Å². The highest BCUT2D eigenvalue weighted by Gasteiger charge is 2.43. The van der Waals surface area contributed by atoms with Crippen molar-refractivity contribution in [2.75, 3.05) is 13.1 Å². The first kappa shape index (κ1) is 16.3. The Balaban J connectivity index is 2.11. The molecule has 2 fully saturated rings. The Kier molecular flexibility index (Phi) is 5.25. The highest BCUT2D eigenvalue weighted by Crippen LogP contribution is 2.35. The number of rotatable bonds is 5. The van der Waals surface area contributed by atoms with Crippen LogP contribution in [0.4, 0.5) is 0 Å². The van der Waals surface area contributed by atoms with Crippen LogP contribution in [0.2, 0.25) is 0 Å². The predicted molar refractivity (Wildman–Crippen MR) is 81.0 cm³/mol. The number of carbonyl (C=O) groups is 2. The molecule has 1 saturated heterocycles. The van der Waals surface area contributed by atoms with Gasteiger partial charge in [-0.2, -0.15) is 0 Å². The summed E-state index contributed by atoms with van der Waals surface area (Å²) in [4.78, 5) is 24.1.